The summed E-state index contributed by atoms with van der Waals surface area (Å²) >= 11 is 0. The molecule has 0 N–H and O–H groups in total. The van der Waals surface area contributed by atoms with Crippen LogP contribution in [-0.2, 0) is 0 Å². The van der Waals surface area contributed by atoms with Crippen LogP contribution in [0.3, 0.4) is 0 Å². The first-order chi connectivity index (χ1) is 11.3. The molecular weight excluding hydrogens is 290 g/mol. The van der Waals surface area contributed by atoms with Gasteiger partial charge in [-0.1, -0.05) is 60.8 Å². The molecule has 0 aromatic carbocycles. The average Bonchev–Trinajstić information content (AvgIpc) is 2.90. The highest BCUT2D eigenvalue weighted by Crippen LogP contribution is 2.64. The molecule has 138 valence electrons. The van der Waals surface area contributed by atoms with Gasteiger partial charge in [-0.15, -0.1) is 0 Å². The van der Waals surface area contributed by atoms with Gasteiger partial charge in [0, 0.05) is 6.42 Å². The lowest BCUT2D eigenvalue weighted by Crippen LogP contribution is -2.46. The predicted octanol–water partition coefficient (Wildman–Crippen LogP) is 7.22. The molecule has 6 atom stereocenters. The van der Waals surface area contributed by atoms with E-state index < -0.39 is 0 Å². The van der Waals surface area contributed by atoms with Crippen molar-refractivity contribution in [3.8, 4) is 6.07 Å². The molecule has 0 heterocycles. The van der Waals surface area contributed by atoms with Crippen LogP contribution < -0.4 is 0 Å². The van der Waals surface area contributed by atoms with E-state index in [1.165, 1.54) is 51.4 Å². The fourth-order valence-corrected chi connectivity index (χ4v) is 6.62. The third-order valence-corrected chi connectivity index (χ3v) is 8.42. The second-order valence-corrected chi connectivity index (χ2v) is 9.93. The Hall–Kier alpha value is -0.510. The van der Waals surface area contributed by atoms with Crippen LogP contribution in [0.1, 0.15) is 99.3 Å². The number of nitrogens with zero attached hydrogens (tertiary/aromatic N) is 1. The summed E-state index contributed by atoms with van der Waals surface area (Å²) in [5, 5.41) is 9.18. The fraction of sp³-hybridized carbons (Fsp3) is 0.957. The zero-order valence-electron chi connectivity index (χ0n) is 17.2. The molecule has 0 saturated heterocycles. The van der Waals surface area contributed by atoms with Crippen molar-refractivity contribution in [3.63, 3.8) is 0 Å². The number of unbranched alkanes of at least 4 members (excludes halogenated alkanes) is 1. The van der Waals surface area contributed by atoms with Gasteiger partial charge < -0.3 is 0 Å². The van der Waals surface area contributed by atoms with Crippen LogP contribution >= 0.6 is 0 Å². The number of nitriles is 1. The summed E-state index contributed by atoms with van der Waals surface area (Å²) in [6.45, 7) is 14.7. The molecule has 0 amide bonds. The van der Waals surface area contributed by atoms with E-state index in [1.54, 1.807) is 0 Å². The van der Waals surface area contributed by atoms with Gasteiger partial charge in [-0.05, 0) is 72.5 Å². The minimum atomic E-state index is 0.482. The van der Waals surface area contributed by atoms with Crippen molar-refractivity contribution in [2.24, 2.45) is 40.4 Å². The van der Waals surface area contributed by atoms with Gasteiger partial charge in [0.1, 0.15) is 0 Å². The second kappa shape index (κ2) is 7.80. The molecule has 0 radical (unpaired) electrons. The van der Waals surface area contributed by atoms with Crippen molar-refractivity contribution in [2.45, 2.75) is 99.3 Å². The van der Waals surface area contributed by atoms with Crippen LogP contribution in [0.4, 0.5) is 0 Å². The molecule has 2 saturated carbocycles. The maximum atomic E-state index is 9.18. The van der Waals surface area contributed by atoms with Gasteiger partial charge in [-0.3, -0.25) is 0 Å². The Morgan fingerprint density at radius 2 is 1.92 bits per heavy atom. The average molecular weight is 332 g/mol. The van der Waals surface area contributed by atoms with Crippen LogP contribution in [0.2, 0.25) is 0 Å². The van der Waals surface area contributed by atoms with E-state index in [9.17, 15) is 5.26 Å². The van der Waals surface area contributed by atoms with Gasteiger partial charge in [0.15, 0.2) is 0 Å². The highest BCUT2D eigenvalue weighted by Gasteiger charge is 2.56. The van der Waals surface area contributed by atoms with E-state index in [1.807, 2.05) is 0 Å². The summed E-state index contributed by atoms with van der Waals surface area (Å²) in [6.07, 6.45) is 11.8. The molecule has 2 rings (SSSR count). The Labute approximate surface area is 151 Å². The normalized spacial score (nSPS) is 37.7. The van der Waals surface area contributed by atoms with Crippen molar-refractivity contribution >= 4 is 0 Å². The standard InChI is InChI=1S/C23H41N/c1-7-9-10-18-20(22(4,5)8-2)13-15-23(6)19(11-12-21(18)23)17(3)14-16-24/h17-21H,7-15H2,1-6H3. The zero-order chi connectivity index (χ0) is 18.0. The van der Waals surface area contributed by atoms with Crippen molar-refractivity contribution in [3.05, 3.63) is 0 Å². The Morgan fingerprint density at radius 1 is 1.21 bits per heavy atom. The molecule has 1 heteroatoms. The molecule has 2 fully saturated rings. The molecule has 2 aliphatic carbocycles. The van der Waals surface area contributed by atoms with Crippen molar-refractivity contribution in [1.29, 1.82) is 5.26 Å². The van der Waals surface area contributed by atoms with Crippen LogP contribution in [-0.4, -0.2) is 0 Å². The van der Waals surface area contributed by atoms with Crippen molar-refractivity contribution < 1.29 is 0 Å². The lowest BCUT2D eigenvalue weighted by Gasteiger charge is -2.54. The second-order valence-electron chi connectivity index (χ2n) is 9.93. The van der Waals surface area contributed by atoms with Gasteiger partial charge in [-0.2, -0.15) is 5.26 Å². The van der Waals surface area contributed by atoms with Gasteiger partial charge in [0.05, 0.1) is 6.07 Å². The quantitative estimate of drug-likeness (QED) is 0.483. The first kappa shape index (κ1) is 19.8. The highest BCUT2D eigenvalue weighted by molar-refractivity contribution is 5.05. The van der Waals surface area contributed by atoms with Crippen LogP contribution in [0.15, 0.2) is 0 Å². The fourth-order valence-electron chi connectivity index (χ4n) is 6.62. The molecule has 0 spiro atoms. The monoisotopic (exact) mass is 331 g/mol. The number of hydrogen-bond acceptors (Lipinski definition) is 1. The van der Waals surface area contributed by atoms with E-state index in [4.69, 9.17) is 0 Å². The predicted molar refractivity (Wildman–Crippen MR) is 104 cm³/mol. The number of rotatable bonds is 7. The zero-order valence-corrected chi connectivity index (χ0v) is 17.2. The first-order valence-electron chi connectivity index (χ1n) is 10.7. The summed E-state index contributed by atoms with van der Waals surface area (Å²) in [4.78, 5) is 0. The number of fused-ring (bicyclic) bond motifs is 1. The molecule has 0 aromatic rings. The van der Waals surface area contributed by atoms with Crippen LogP contribution in [0.25, 0.3) is 0 Å². The molecule has 1 nitrogen and oxygen atoms in total. The summed E-state index contributed by atoms with van der Waals surface area (Å²) < 4.78 is 0. The van der Waals surface area contributed by atoms with Gasteiger partial charge >= 0.3 is 0 Å². The van der Waals surface area contributed by atoms with Crippen molar-refractivity contribution in [2.75, 3.05) is 0 Å². The van der Waals surface area contributed by atoms with E-state index in [-0.39, 0.29) is 0 Å². The van der Waals surface area contributed by atoms with E-state index in [2.05, 4.69) is 47.6 Å². The molecule has 2 aliphatic rings. The first-order valence-corrected chi connectivity index (χ1v) is 10.7. The smallest absolute Gasteiger partial charge is 0.0624 e. The maximum Gasteiger partial charge on any atom is 0.0624 e. The summed E-state index contributed by atoms with van der Waals surface area (Å²) in [5.41, 5.74) is 0.977. The highest BCUT2D eigenvalue weighted by atomic mass is 14.6. The van der Waals surface area contributed by atoms with Crippen LogP contribution in [0.5, 0.6) is 0 Å². The lowest BCUT2D eigenvalue weighted by atomic mass is 9.51. The third kappa shape index (κ3) is 3.54. The molecule has 0 bridgehead atoms. The largest absolute Gasteiger partial charge is 0.198 e. The van der Waals surface area contributed by atoms with E-state index in [0.717, 1.165) is 30.1 Å². The molecule has 6 unspecified atom stereocenters. The third-order valence-electron chi connectivity index (χ3n) is 8.42. The summed E-state index contributed by atoms with van der Waals surface area (Å²) in [6, 6.07) is 2.44. The minimum absolute atomic E-state index is 0.482. The summed E-state index contributed by atoms with van der Waals surface area (Å²) in [7, 11) is 0. The molecule has 0 aliphatic heterocycles. The minimum Gasteiger partial charge on any atom is -0.198 e. The van der Waals surface area contributed by atoms with Gasteiger partial charge in [-0.25, -0.2) is 0 Å². The Bertz CT molecular complexity index is 445. The topological polar surface area (TPSA) is 23.8 Å². The van der Waals surface area contributed by atoms with Crippen LogP contribution in [0, 0.1) is 51.8 Å². The van der Waals surface area contributed by atoms with Crippen molar-refractivity contribution in [1.82, 2.24) is 0 Å². The maximum absolute atomic E-state index is 9.18. The SMILES string of the molecule is CCCCC1C(C(C)(C)CC)CCC2(C)C(C(C)CC#N)CCC12. The lowest BCUT2D eigenvalue weighted by molar-refractivity contribution is -0.0475. The van der Waals surface area contributed by atoms with E-state index >= 15 is 0 Å². The molecule has 0 aromatic heterocycles. The van der Waals surface area contributed by atoms with E-state index in [0.29, 0.717) is 16.7 Å². The van der Waals surface area contributed by atoms with Gasteiger partial charge in [0.2, 0.25) is 0 Å². The summed E-state index contributed by atoms with van der Waals surface area (Å²) in [5.74, 6) is 4.07. The molecular formula is C23H41N. The molecule has 24 heavy (non-hydrogen) atoms. The Balaban J connectivity index is 2.26. The number of hydrogen-bond donors (Lipinski definition) is 0. The Kier molecular flexibility index (Phi) is 6.44. The Morgan fingerprint density at radius 3 is 2.50 bits per heavy atom. The van der Waals surface area contributed by atoms with Gasteiger partial charge in [0.25, 0.3) is 0 Å².